The second-order valence-corrected chi connectivity index (χ2v) is 8.06. The van der Waals surface area contributed by atoms with E-state index in [9.17, 15) is 9.59 Å². The number of carbonyl (C=O) groups excluding carboxylic acids is 2. The first-order valence-electron chi connectivity index (χ1n) is 10.0. The molecule has 0 spiro atoms. The molecule has 0 aliphatic carbocycles. The highest BCUT2D eigenvalue weighted by atomic mass is 16.7. The topological polar surface area (TPSA) is 49.9 Å². The summed E-state index contributed by atoms with van der Waals surface area (Å²) in [6.07, 6.45) is -0.892. The van der Waals surface area contributed by atoms with Gasteiger partial charge in [0.2, 0.25) is 5.91 Å². The Morgan fingerprint density at radius 3 is 2.03 bits per heavy atom. The minimum absolute atomic E-state index is 0.242. The quantitative estimate of drug-likeness (QED) is 0.612. The molecule has 30 heavy (non-hydrogen) atoms. The smallest absolute Gasteiger partial charge is 0.266 e. The van der Waals surface area contributed by atoms with Gasteiger partial charge in [0.05, 0.1) is 17.4 Å². The summed E-state index contributed by atoms with van der Waals surface area (Å²) in [5.41, 5.74) is 2.33. The Labute approximate surface area is 175 Å². The minimum Gasteiger partial charge on any atom is -0.273 e. The van der Waals surface area contributed by atoms with Crippen molar-refractivity contribution in [1.82, 2.24) is 0 Å². The Morgan fingerprint density at radius 2 is 1.40 bits per heavy atom. The molecule has 150 valence electrons. The van der Waals surface area contributed by atoms with Crippen LogP contribution in [0.25, 0.3) is 0 Å². The van der Waals surface area contributed by atoms with Gasteiger partial charge in [0.1, 0.15) is 5.41 Å². The van der Waals surface area contributed by atoms with E-state index in [1.54, 1.807) is 5.06 Å². The van der Waals surface area contributed by atoms with Crippen LogP contribution in [0.3, 0.4) is 0 Å². The maximum absolute atomic E-state index is 13.8. The van der Waals surface area contributed by atoms with E-state index < -0.39 is 17.6 Å². The lowest BCUT2D eigenvalue weighted by atomic mass is 9.76. The van der Waals surface area contributed by atoms with Crippen LogP contribution < -0.4 is 9.96 Å². The first-order chi connectivity index (χ1) is 14.5. The number of hydrogen-bond acceptors (Lipinski definition) is 4. The summed E-state index contributed by atoms with van der Waals surface area (Å²) in [5, 5.41) is 1.72. The molecule has 5 rings (SSSR count). The zero-order chi connectivity index (χ0) is 20.9. The number of para-hydroxylation sites is 1. The van der Waals surface area contributed by atoms with E-state index in [1.165, 1.54) is 4.90 Å². The van der Waals surface area contributed by atoms with Crippen LogP contribution >= 0.6 is 0 Å². The summed E-state index contributed by atoms with van der Waals surface area (Å²) >= 11 is 0. The van der Waals surface area contributed by atoms with Crippen molar-refractivity contribution in [2.45, 2.75) is 26.0 Å². The van der Waals surface area contributed by atoms with Crippen molar-refractivity contribution in [3.8, 4) is 0 Å². The number of anilines is 2. The highest BCUT2D eigenvalue weighted by Gasteiger charge is 2.68. The average Bonchev–Trinajstić information content (AvgIpc) is 3.19. The number of carbonyl (C=O) groups is 2. The molecule has 3 atom stereocenters. The third kappa shape index (κ3) is 2.59. The largest absolute Gasteiger partial charge is 0.273 e. The standard InChI is InChI=1S/C25H22N2O3/c1-17-13-15-19(16-14-17)26-23(28)22-25(2,24(26)29)21(18-9-5-3-6-10-18)27(30-22)20-11-7-4-8-12-20/h3-16,21-22H,1-2H3/t21-,22-,25-/m0/s1. The molecular formula is C25H22N2O3. The molecule has 0 bridgehead atoms. The summed E-state index contributed by atoms with van der Waals surface area (Å²) in [5.74, 6) is -0.570. The highest BCUT2D eigenvalue weighted by Crippen LogP contribution is 2.55. The highest BCUT2D eigenvalue weighted by molar-refractivity contribution is 6.25. The Balaban J connectivity index is 1.63. The van der Waals surface area contributed by atoms with E-state index in [2.05, 4.69) is 0 Å². The Hall–Kier alpha value is -3.44. The van der Waals surface area contributed by atoms with Gasteiger partial charge in [0, 0.05) is 0 Å². The third-order valence-electron chi connectivity index (χ3n) is 6.09. The van der Waals surface area contributed by atoms with Gasteiger partial charge in [-0.3, -0.25) is 14.4 Å². The molecule has 2 aliphatic rings. The molecule has 2 amide bonds. The Bertz CT molecular complexity index is 1100. The lowest BCUT2D eigenvalue weighted by molar-refractivity contribution is -0.128. The number of aryl methyl sites for hydroxylation is 1. The normalized spacial score (nSPS) is 25.7. The molecule has 0 radical (unpaired) electrons. The van der Waals surface area contributed by atoms with Crippen LogP contribution in [0.2, 0.25) is 0 Å². The van der Waals surface area contributed by atoms with Crippen molar-refractivity contribution in [1.29, 1.82) is 0 Å². The molecule has 0 unspecified atom stereocenters. The van der Waals surface area contributed by atoms with Crippen molar-refractivity contribution < 1.29 is 14.4 Å². The van der Waals surface area contributed by atoms with E-state index >= 15 is 0 Å². The fraction of sp³-hybridized carbons (Fsp3) is 0.200. The zero-order valence-electron chi connectivity index (χ0n) is 16.9. The fourth-order valence-electron chi connectivity index (χ4n) is 4.50. The summed E-state index contributed by atoms with van der Waals surface area (Å²) in [4.78, 5) is 34.7. The average molecular weight is 398 g/mol. The van der Waals surface area contributed by atoms with Gasteiger partial charge in [-0.25, -0.2) is 9.96 Å². The zero-order valence-corrected chi connectivity index (χ0v) is 16.9. The molecule has 2 aliphatic heterocycles. The van der Waals surface area contributed by atoms with Gasteiger partial charge in [0.25, 0.3) is 5.91 Å². The molecule has 0 N–H and O–H groups in total. The molecule has 0 saturated carbocycles. The maximum atomic E-state index is 13.8. The van der Waals surface area contributed by atoms with Crippen molar-refractivity contribution in [3.05, 3.63) is 96.1 Å². The lowest BCUT2D eigenvalue weighted by Gasteiger charge is -2.32. The lowest BCUT2D eigenvalue weighted by Crippen LogP contribution is -2.41. The van der Waals surface area contributed by atoms with E-state index in [-0.39, 0.29) is 11.8 Å². The molecule has 5 nitrogen and oxygen atoms in total. The first-order valence-corrected chi connectivity index (χ1v) is 10.0. The number of fused-ring (bicyclic) bond motifs is 1. The Morgan fingerprint density at radius 1 is 0.800 bits per heavy atom. The molecule has 2 heterocycles. The second kappa shape index (κ2) is 6.82. The first kappa shape index (κ1) is 18.6. The molecule has 3 aromatic carbocycles. The number of benzene rings is 3. The van der Waals surface area contributed by atoms with Crippen molar-refractivity contribution in [3.63, 3.8) is 0 Å². The SMILES string of the molecule is Cc1ccc(N2C(=O)[C@@H]3ON(c4ccccc4)[C@@H](c4ccccc4)[C@]3(C)C2=O)cc1. The number of hydroxylamine groups is 1. The van der Waals surface area contributed by atoms with Crippen molar-refractivity contribution in [2.75, 3.05) is 9.96 Å². The fourth-order valence-corrected chi connectivity index (χ4v) is 4.50. The molecule has 2 fully saturated rings. The Kier molecular flexibility index (Phi) is 4.22. The molecule has 3 aromatic rings. The van der Waals surface area contributed by atoms with Crippen LogP contribution in [-0.2, 0) is 14.4 Å². The van der Waals surface area contributed by atoms with Crippen LogP contribution in [0.5, 0.6) is 0 Å². The van der Waals surface area contributed by atoms with E-state index in [1.807, 2.05) is 98.8 Å². The van der Waals surface area contributed by atoms with Gasteiger partial charge < -0.3 is 0 Å². The van der Waals surface area contributed by atoms with Gasteiger partial charge in [-0.1, -0.05) is 66.2 Å². The predicted octanol–water partition coefficient (Wildman–Crippen LogP) is 4.44. The van der Waals surface area contributed by atoms with Gasteiger partial charge in [-0.05, 0) is 43.7 Å². The monoisotopic (exact) mass is 398 g/mol. The minimum atomic E-state index is -1.06. The summed E-state index contributed by atoms with van der Waals surface area (Å²) in [6.45, 7) is 3.81. The molecule has 0 aromatic heterocycles. The molecule has 5 heteroatoms. The number of hydrogen-bond donors (Lipinski definition) is 0. The van der Waals surface area contributed by atoms with Crippen LogP contribution in [0.1, 0.15) is 24.1 Å². The van der Waals surface area contributed by atoms with Gasteiger partial charge >= 0.3 is 0 Å². The van der Waals surface area contributed by atoms with Crippen LogP contribution in [0.15, 0.2) is 84.9 Å². The molecular weight excluding hydrogens is 376 g/mol. The van der Waals surface area contributed by atoms with Crippen LogP contribution in [0.4, 0.5) is 11.4 Å². The van der Waals surface area contributed by atoms with Crippen LogP contribution in [-0.4, -0.2) is 17.9 Å². The summed E-state index contributed by atoms with van der Waals surface area (Å²) in [7, 11) is 0. The van der Waals surface area contributed by atoms with Crippen LogP contribution in [0, 0.1) is 12.3 Å². The summed E-state index contributed by atoms with van der Waals surface area (Å²) < 4.78 is 0. The number of rotatable bonds is 3. The maximum Gasteiger partial charge on any atom is 0.266 e. The molecule has 2 saturated heterocycles. The van der Waals surface area contributed by atoms with Gasteiger partial charge in [-0.2, -0.15) is 0 Å². The van der Waals surface area contributed by atoms with E-state index in [0.29, 0.717) is 5.69 Å². The third-order valence-corrected chi connectivity index (χ3v) is 6.09. The predicted molar refractivity (Wildman–Crippen MR) is 115 cm³/mol. The van der Waals surface area contributed by atoms with E-state index in [0.717, 1.165) is 16.8 Å². The summed E-state index contributed by atoms with van der Waals surface area (Å²) in [6, 6.07) is 26.4. The van der Waals surface area contributed by atoms with Crippen molar-refractivity contribution >= 4 is 23.2 Å². The number of amides is 2. The number of nitrogens with zero attached hydrogens (tertiary/aromatic N) is 2. The van der Waals surface area contributed by atoms with E-state index in [4.69, 9.17) is 4.84 Å². The number of imide groups is 1. The van der Waals surface area contributed by atoms with Crippen molar-refractivity contribution in [2.24, 2.45) is 5.41 Å². The van der Waals surface area contributed by atoms with Gasteiger partial charge in [0.15, 0.2) is 6.10 Å². The van der Waals surface area contributed by atoms with Gasteiger partial charge in [-0.15, -0.1) is 0 Å². The second-order valence-electron chi connectivity index (χ2n) is 8.06.